The first-order valence-corrected chi connectivity index (χ1v) is 6.27. The molecule has 87 valence electrons. The molecule has 3 nitrogen and oxygen atoms in total. The Hall–Kier alpha value is -1.86. The average Bonchev–Trinajstić information content (AvgIpc) is 2.36. The summed E-state index contributed by atoms with van der Waals surface area (Å²) in [5, 5.41) is 13.1. The zero-order chi connectivity index (χ0) is 12.8. The highest BCUT2D eigenvalue weighted by Gasteiger charge is 2.41. The van der Waals surface area contributed by atoms with E-state index >= 15 is 0 Å². The zero-order valence-corrected chi connectivity index (χ0v) is 10.9. The molecule has 0 bridgehead atoms. The second-order valence-electron chi connectivity index (χ2n) is 4.40. The molecule has 0 aromatic heterocycles. The number of hydrogen-bond donors (Lipinski definition) is 0. The minimum absolute atomic E-state index is 0.229. The van der Waals surface area contributed by atoms with Crippen molar-refractivity contribution in [3.05, 3.63) is 57.7 Å². The van der Waals surface area contributed by atoms with Crippen LogP contribution in [0.25, 0.3) is 0 Å². The number of amides is 1. The Bertz CT molecular complexity index is 643. The standard InChI is InChI=1S/C14H8BrN2O/c15-12-1-2-14-8-17-13(18)6-11(14)4-9(7-16)3-10(14)5-12/h1-6H,8H2. The first-order chi connectivity index (χ1) is 8.64. The SMILES string of the molecule is N#CC1=CC2=CC(=O)[N]CC23C=CC(Br)=CC3=C1. The second kappa shape index (κ2) is 3.82. The Balaban J connectivity index is 2.23. The van der Waals surface area contributed by atoms with Crippen molar-refractivity contribution in [2.45, 2.75) is 0 Å². The third kappa shape index (κ3) is 1.52. The lowest BCUT2D eigenvalue weighted by Crippen LogP contribution is -2.40. The number of carbonyl (C=O) groups is 1. The quantitative estimate of drug-likeness (QED) is 0.689. The highest BCUT2D eigenvalue weighted by atomic mass is 79.9. The van der Waals surface area contributed by atoms with Crippen molar-refractivity contribution < 1.29 is 4.79 Å². The minimum Gasteiger partial charge on any atom is -0.268 e. The molecule has 0 N–H and O–H groups in total. The second-order valence-corrected chi connectivity index (χ2v) is 5.31. The van der Waals surface area contributed by atoms with E-state index in [1.807, 2.05) is 24.3 Å². The number of nitrogens with zero attached hydrogens (tertiary/aromatic N) is 2. The Kier molecular flexibility index (Phi) is 2.39. The molecule has 1 spiro atoms. The van der Waals surface area contributed by atoms with Crippen LogP contribution in [-0.4, -0.2) is 12.5 Å². The lowest BCUT2D eigenvalue weighted by molar-refractivity contribution is -0.117. The first kappa shape index (κ1) is 11.2. The third-order valence-electron chi connectivity index (χ3n) is 3.37. The average molecular weight is 300 g/mol. The lowest BCUT2D eigenvalue weighted by Gasteiger charge is -2.39. The van der Waals surface area contributed by atoms with Crippen molar-refractivity contribution in [3.63, 3.8) is 0 Å². The topological polar surface area (TPSA) is 55.0 Å². The molecule has 18 heavy (non-hydrogen) atoms. The van der Waals surface area contributed by atoms with Gasteiger partial charge in [0.2, 0.25) is 0 Å². The maximum atomic E-state index is 11.4. The van der Waals surface area contributed by atoms with Crippen molar-refractivity contribution in [1.29, 1.82) is 5.26 Å². The van der Waals surface area contributed by atoms with E-state index in [-0.39, 0.29) is 11.3 Å². The van der Waals surface area contributed by atoms with Gasteiger partial charge in [0, 0.05) is 10.6 Å². The third-order valence-corrected chi connectivity index (χ3v) is 3.86. The number of allylic oxidation sites excluding steroid dienone is 6. The number of nitriles is 1. The van der Waals surface area contributed by atoms with E-state index in [0.717, 1.165) is 15.6 Å². The molecule has 4 heteroatoms. The molecular weight excluding hydrogens is 292 g/mol. The number of rotatable bonds is 0. The molecule has 2 aliphatic carbocycles. The molecular formula is C14H8BrN2O. The molecule has 3 aliphatic rings. The van der Waals surface area contributed by atoms with Gasteiger partial charge in [-0.3, -0.25) is 4.79 Å². The van der Waals surface area contributed by atoms with Gasteiger partial charge in [-0.15, -0.1) is 0 Å². The summed E-state index contributed by atoms with van der Waals surface area (Å²) in [6, 6.07) is 2.13. The maximum absolute atomic E-state index is 11.4. The van der Waals surface area contributed by atoms with Crippen LogP contribution in [0.5, 0.6) is 0 Å². The van der Waals surface area contributed by atoms with Gasteiger partial charge in [0.05, 0.1) is 23.6 Å². The summed E-state index contributed by atoms with van der Waals surface area (Å²) in [7, 11) is 0. The van der Waals surface area contributed by atoms with E-state index in [9.17, 15) is 4.79 Å². The number of halogens is 1. The number of hydrogen-bond acceptors (Lipinski definition) is 2. The van der Waals surface area contributed by atoms with Crippen molar-refractivity contribution in [2.75, 3.05) is 6.54 Å². The van der Waals surface area contributed by atoms with Crippen LogP contribution in [0.3, 0.4) is 0 Å². The summed E-state index contributed by atoms with van der Waals surface area (Å²) in [6.45, 7) is 0.409. The molecule has 1 unspecified atom stereocenters. The van der Waals surface area contributed by atoms with Gasteiger partial charge in [0.15, 0.2) is 0 Å². The predicted octanol–water partition coefficient (Wildman–Crippen LogP) is 2.28. The molecule has 0 saturated carbocycles. The molecule has 3 rings (SSSR count). The van der Waals surface area contributed by atoms with Gasteiger partial charge in [-0.05, 0) is 29.4 Å². The summed E-state index contributed by atoms with van der Waals surface area (Å²) < 4.78 is 0.954. The Labute approximate surface area is 113 Å². The van der Waals surface area contributed by atoms with Crippen LogP contribution in [0.4, 0.5) is 0 Å². The summed E-state index contributed by atoms with van der Waals surface area (Å²) >= 11 is 3.43. The van der Waals surface area contributed by atoms with Crippen molar-refractivity contribution in [3.8, 4) is 6.07 Å². The van der Waals surface area contributed by atoms with Gasteiger partial charge in [-0.1, -0.05) is 28.1 Å². The molecule has 1 aliphatic heterocycles. The van der Waals surface area contributed by atoms with Gasteiger partial charge in [0.1, 0.15) is 0 Å². The summed E-state index contributed by atoms with van der Waals surface area (Å²) in [6.07, 6.45) is 11.1. The highest BCUT2D eigenvalue weighted by molar-refractivity contribution is 9.11. The van der Waals surface area contributed by atoms with Gasteiger partial charge in [-0.25, -0.2) is 5.32 Å². The van der Waals surface area contributed by atoms with Crippen LogP contribution in [0, 0.1) is 16.7 Å². The van der Waals surface area contributed by atoms with Gasteiger partial charge < -0.3 is 0 Å². The Morgan fingerprint density at radius 3 is 2.83 bits per heavy atom. The normalized spacial score (nSPS) is 28.8. The molecule has 1 atom stereocenters. The fourth-order valence-corrected chi connectivity index (χ4v) is 2.81. The van der Waals surface area contributed by atoms with E-state index < -0.39 is 0 Å². The van der Waals surface area contributed by atoms with Crippen LogP contribution in [0.1, 0.15) is 0 Å². The molecule has 0 aromatic carbocycles. The Morgan fingerprint density at radius 1 is 1.28 bits per heavy atom. The van der Waals surface area contributed by atoms with Crippen LogP contribution < -0.4 is 5.32 Å². The molecule has 1 radical (unpaired) electrons. The lowest BCUT2D eigenvalue weighted by atomic mass is 9.67. The summed E-state index contributed by atoms with van der Waals surface area (Å²) in [5.41, 5.74) is 2.04. The van der Waals surface area contributed by atoms with E-state index in [4.69, 9.17) is 5.26 Å². The minimum atomic E-state index is -0.370. The van der Waals surface area contributed by atoms with E-state index in [1.165, 1.54) is 6.08 Å². The van der Waals surface area contributed by atoms with Crippen LogP contribution in [0.15, 0.2) is 57.7 Å². The fraction of sp³-hybridized carbons (Fsp3) is 0.143. The van der Waals surface area contributed by atoms with E-state index in [2.05, 4.69) is 27.3 Å². The van der Waals surface area contributed by atoms with Crippen molar-refractivity contribution in [1.82, 2.24) is 5.32 Å². The van der Waals surface area contributed by atoms with Crippen LogP contribution >= 0.6 is 15.9 Å². The Morgan fingerprint density at radius 2 is 2.06 bits per heavy atom. The van der Waals surface area contributed by atoms with Crippen molar-refractivity contribution >= 4 is 21.8 Å². The molecule has 0 aromatic rings. The largest absolute Gasteiger partial charge is 0.268 e. The summed E-state index contributed by atoms with van der Waals surface area (Å²) in [4.78, 5) is 11.4. The monoisotopic (exact) mass is 299 g/mol. The summed E-state index contributed by atoms with van der Waals surface area (Å²) in [5.74, 6) is -0.229. The van der Waals surface area contributed by atoms with E-state index in [1.54, 1.807) is 6.08 Å². The van der Waals surface area contributed by atoms with E-state index in [0.29, 0.717) is 12.1 Å². The van der Waals surface area contributed by atoms with Gasteiger partial charge in [0.25, 0.3) is 5.91 Å². The smallest absolute Gasteiger partial charge is 0.265 e. The van der Waals surface area contributed by atoms with Gasteiger partial charge in [-0.2, -0.15) is 5.26 Å². The van der Waals surface area contributed by atoms with Crippen LogP contribution in [0.2, 0.25) is 0 Å². The fourth-order valence-electron chi connectivity index (χ4n) is 2.43. The van der Waals surface area contributed by atoms with Gasteiger partial charge >= 0.3 is 0 Å². The predicted molar refractivity (Wildman–Crippen MR) is 70.5 cm³/mol. The maximum Gasteiger partial charge on any atom is 0.265 e. The van der Waals surface area contributed by atoms with Crippen molar-refractivity contribution in [2.24, 2.45) is 5.41 Å². The molecule has 0 fully saturated rings. The number of carbonyl (C=O) groups excluding carboxylic acids is 1. The molecule has 1 amide bonds. The highest BCUT2D eigenvalue weighted by Crippen LogP contribution is 2.47. The first-order valence-electron chi connectivity index (χ1n) is 5.48. The van der Waals surface area contributed by atoms with Crippen LogP contribution in [-0.2, 0) is 4.79 Å². The molecule has 0 saturated heterocycles. The molecule has 1 heterocycles. The zero-order valence-electron chi connectivity index (χ0n) is 9.35.